The molecule has 0 spiro atoms. The van der Waals surface area contributed by atoms with E-state index in [9.17, 15) is 0 Å². The molecule has 1 aromatic heterocycles. The number of hydrogen-bond donors (Lipinski definition) is 0. The van der Waals surface area contributed by atoms with Crippen LogP contribution in [0, 0.1) is 44.9 Å². The van der Waals surface area contributed by atoms with E-state index in [1.165, 1.54) is 10.4 Å². The van der Waals surface area contributed by atoms with Crippen LogP contribution in [0.2, 0.25) is 19.6 Å². The molecule has 1 aliphatic heterocycles. The molecule has 6 unspecified atom stereocenters. The van der Waals surface area contributed by atoms with E-state index in [0.29, 0.717) is 5.04 Å². The minimum atomic E-state index is -3.11. The van der Waals surface area contributed by atoms with Gasteiger partial charge in [0.2, 0.25) is 0 Å². The van der Waals surface area contributed by atoms with Gasteiger partial charge in [0.15, 0.2) is 0 Å². The minimum absolute atomic E-state index is 0. The molecule has 3 aliphatic rings. The van der Waals surface area contributed by atoms with Gasteiger partial charge in [0, 0.05) is 20.0 Å². The monoisotopic (exact) mass is 816 g/mol. The molecule has 40 heavy (non-hydrogen) atoms. The van der Waals surface area contributed by atoms with Crippen molar-refractivity contribution in [1.29, 1.82) is 0 Å². The van der Waals surface area contributed by atoms with E-state index in [1.807, 2.05) is 11.3 Å². The van der Waals surface area contributed by atoms with Crippen LogP contribution in [0.3, 0.4) is 0 Å². The van der Waals surface area contributed by atoms with Gasteiger partial charge in [-0.25, -0.2) is 0 Å². The summed E-state index contributed by atoms with van der Waals surface area (Å²) in [6.45, 7) is 31.2. The molecule has 1 fully saturated rings. The Morgan fingerprint density at radius 2 is 1.25 bits per heavy atom. The molecule has 2 heterocycles. The SMILES string of the molecule is CC1=C(C)C(C)([Si](C)(C)C)c2sc(C)c(C)c21.CC1=C(C)C2C(C)C(C)C(C)C2S1.[CH3-].[Cl][Ti+]([Cl])[Cl].[Cl][Ti]([Cl])([Cl])[Cl]. The maximum absolute atomic E-state index is 5.01. The summed E-state index contributed by atoms with van der Waals surface area (Å²) in [4.78, 5) is 4.76. The van der Waals surface area contributed by atoms with E-state index >= 15 is 0 Å². The zero-order valence-corrected chi connectivity index (χ0v) is 37.4. The van der Waals surface area contributed by atoms with Crippen LogP contribution in [-0.4, -0.2) is 13.3 Å². The summed E-state index contributed by atoms with van der Waals surface area (Å²) in [6, 6.07) is 0. The van der Waals surface area contributed by atoms with Crippen LogP contribution in [0.5, 0.6) is 0 Å². The van der Waals surface area contributed by atoms with Crippen molar-refractivity contribution in [2.24, 2.45) is 23.7 Å². The normalized spacial score (nSPS) is 28.9. The van der Waals surface area contributed by atoms with E-state index in [0.717, 1.165) is 28.9 Å². The van der Waals surface area contributed by atoms with Crippen LogP contribution < -0.4 is 0 Å². The van der Waals surface area contributed by atoms with E-state index < -0.39 is 35.1 Å². The summed E-state index contributed by atoms with van der Waals surface area (Å²) in [5.41, 5.74) is 7.95. The third kappa shape index (κ3) is 10.4. The van der Waals surface area contributed by atoms with Gasteiger partial charge in [0.25, 0.3) is 0 Å². The fourth-order valence-electron chi connectivity index (χ4n) is 6.15. The molecule has 0 radical (unpaired) electrons. The molecule has 4 rings (SSSR count). The average Bonchev–Trinajstić information content (AvgIpc) is 3.36. The van der Waals surface area contributed by atoms with Gasteiger partial charge in [-0.15, -0.1) is 23.1 Å². The molecule has 0 nitrogen and oxygen atoms in total. The van der Waals surface area contributed by atoms with Crippen LogP contribution >= 0.6 is 88.2 Å². The van der Waals surface area contributed by atoms with E-state index in [-0.39, 0.29) is 7.43 Å². The number of thioether (sulfide) groups is 1. The van der Waals surface area contributed by atoms with Crippen molar-refractivity contribution in [1.82, 2.24) is 0 Å². The zero-order chi connectivity index (χ0) is 31.0. The van der Waals surface area contributed by atoms with Crippen LogP contribution in [0.1, 0.15) is 76.3 Å². The molecule has 1 saturated carbocycles. The van der Waals surface area contributed by atoms with Crippen LogP contribution in [0.4, 0.5) is 0 Å². The summed E-state index contributed by atoms with van der Waals surface area (Å²) >= 11 is -0.850. The summed E-state index contributed by atoms with van der Waals surface area (Å²) in [5.74, 6) is 3.59. The number of hydrogen-bond acceptors (Lipinski definition) is 2. The Hall–Kier alpha value is 3.21. The van der Waals surface area contributed by atoms with Gasteiger partial charge in [-0.05, 0) is 86.8 Å². The third-order valence-electron chi connectivity index (χ3n) is 9.49. The van der Waals surface area contributed by atoms with Crippen molar-refractivity contribution >= 4 is 102 Å². The maximum atomic E-state index is 5.01. The molecule has 0 aromatic carbocycles. The molecule has 12 heteroatoms. The van der Waals surface area contributed by atoms with Gasteiger partial charge in [0.1, 0.15) is 0 Å². The Morgan fingerprint density at radius 3 is 1.62 bits per heavy atom. The molecule has 232 valence electrons. The number of rotatable bonds is 1. The quantitative estimate of drug-likeness (QED) is 0.201. The fourth-order valence-corrected chi connectivity index (χ4v) is 12.5. The molecule has 2 aliphatic carbocycles. The Kier molecular flexibility index (Phi) is 18.2. The van der Waals surface area contributed by atoms with Gasteiger partial charge in [-0.1, -0.05) is 58.5 Å². The van der Waals surface area contributed by atoms with Crippen molar-refractivity contribution in [2.75, 3.05) is 0 Å². The molecule has 0 bridgehead atoms. The first kappa shape index (κ1) is 43.2. The predicted octanol–water partition coefficient (Wildman–Crippen LogP) is 14.5. The van der Waals surface area contributed by atoms with Crippen LogP contribution in [0.25, 0.3) is 5.57 Å². The van der Waals surface area contributed by atoms with Gasteiger partial charge < -0.3 is 7.43 Å². The molecular weight excluding hydrogens is 772 g/mol. The molecule has 0 saturated heterocycles. The van der Waals surface area contributed by atoms with E-state index in [2.05, 4.69) is 101 Å². The summed E-state index contributed by atoms with van der Waals surface area (Å²) in [5, 5.41) is 1.24. The van der Waals surface area contributed by atoms with Gasteiger partial charge in [-0.3, -0.25) is 0 Å². The Morgan fingerprint density at radius 1 is 0.825 bits per heavy atom. The van der Waals surface area contributed by atoms with Crippen molar-refractivity contribution in [3.05, 3.63) is 44.4 Å². The summed E-state index contributed by atoms with van der Waals surface area (Å²) in [7, 11) is 33.7. The molecule has 0 amide bonds. The second-order valence-corrected chi connectivity index (χ2v) is 43.5. The molecule has 0 N–H and O–H groups in total. The number of halogens is 7. The van der Waals surface area contributed by atoms with Gasteiger partial charge in [-0.2, -0.15) is 0 Å². The van der Waals surface area contributed by atoms with E-state index in [4.69, 9.17) is 65.1 Å². The second kappa shape index (κ2) is 16.9. The summed E-state index contributed by atoms with van der Waals surface area (Å²) in [6.07, 6.45) is 0. The predicted molar refractivity (Wildman–Crippen MR) is 191 cm³/mol. The number of allylic oxidation sites excluding steroid dienone is 4. The van der Waals surface area contributed by atoms with Crippen molar-refractivity contribution in [3.63, 3.8) is 0 Å². The Labute approximate surface area is 292 Å². The summed E-state index contributed by atoms with van der Waals surface area (Å²) < 4.78 is 0. The first-order valence-electron chi connectivity index (χ1n) is 13.1. The zero-order valence-electron chi connectivity index (χ0n) is 26.3. The standard InChI is InChI=1S/C15H24SSi.C12H20S.CH3.7ClH.2Ti/c1-9-11(3)15(5,17(6,7)8)14-13(9)10(2)12(4)16-14;1-6-7(2)11-9(4)10(5)13-12(11)8(6)3;;;;;;;;;;/h1-8H3;6-8,11-12H,1-5H3;1H3;7*1H;;/q;;-1;;;;;;;;2*+4/p-7. The molecular formula is C28H47Cl7S2SiTi2. The third-order valence-corrected chi connectivity index (χ3v) is 16.4. The van der Waals surface area contributed by atoms with E-state index in [1.54, 1.807) is 32.1 Å². The van der Waals surface area contributed by atoms with Crippen LogP contribution in [0.15, 0.2) is 16.1 Å². The second-order valence-electron chi connectivity index (χ2n) is 12.2. The van der Waals surface area contributed by atoms with Gasteiger partial charge >= 0.3 is 92.2 Å². The Bertz CT molecular complexity index is 1070. The van der Waals surface area contributed by atoms with Crippen molar-refractivity contribution < 1.29 is 27.0 Å². The Balaban J connectivity index is 0.000000585. The number of fused-ring (bicyclic) bond motifs is 2. The number of aryl methyl sites for hydroxylation is 1. The topological polar surface area (TPSA) is 0 Å². The van der Waals surface area contributed by atoms with Crippen molar-refractivity contribution in [3.8, 4) is 0 Å². The first-order chi connectivity index (χ1) is 17.4. The molecule has 6 atom stereocenters. The first-order valence-corrected chi connectivity index (χ1v) is 33.3. The van der Waals surface area contributed by atoms with Crippen LogP contribution in [-0.2, 0) is 32.1 Å². The van der Waals surface area contributed by atoms with Crippen molar-refractivity contribution in [2.45, 2.75) is 99.2 Å². The fraction of sp³-hybridized carbons (Fsp3) is 0.679. The average molecular weight is 820 g/mol. The van der Waals surface area contributed by atoms with Gasteiger partial charge in [0.05, 0.1) is 8.07 Å². The molecule has 1 aromatic rings. The number of thiophene rings is 1.